The van der Waals surface area contributed by atoms with E-state index in [0.29, 0.717) is 27.2 Å². The highest BCUT2D eigenvalue weighted by Crippen LogP contribution is 2.40. The van der Waals surface area contributed by atoms with Gasteiger partial charge in [-0.1, -0.05) is 37.0 Å². The fraction of sp³-hybridized carbons (Fsp3) is 0.357. The fourth-order valence-corrected chi connectivity index (χ4v) is 2.65. The Kier molecular flexibility index (Phi) is 4.07. The minimum Gasteiger partial charge on any atom is -0.494 e. The van der Waals surface area contributed by atoms with Gasteiger partial charge in [-0.05, 0) is 17.5 Å². The monoisotopic (exact) mass is 299 g/mol. The summed E-state index contributed by atoms with van der Waals surface area (Å²) < 4.78 is 10.7. The predicted octanol–water partition coefficient (Wildman–Crippen LogP) is 4.68. The van der Waals surface area contributed by atoms with Crippen LogP contribution in [-0.4, -0.2) is 19.2 Å². The Balaban J connectivity index is 2.88. The van der Waals surface area contributed by atoms with Gasteiger partial charge in [0.1, 0.15) is 22.2 Å². The van der Waals surface area contributed by atoms with E-state index in [9.17, 15) is 0 Å². The van der Waals surface area contributed by atoms with Crippen LogP contribution in [0.4, 0.5) is 0 Å². The van der Waals surface area contributed by atoms with Gasteiger partial charge in [0.15, 0.2) is 0 Å². The molecule has 2 rings (SSSR count). The first-order valence-corrected chi connectivity index (χ1v) is 6.65. The maximum Gasteiger partial charge on any atom is 0.147 e. The van der Waals surface area contributed by atoms with E-state index in [2.05, 4.69) is 18.8 Å². The van der Waals surface area contributed by atoms with Crippen LogP contribution in [-0.2, 0) is 0 Å². The molecule has 0 radical (unpaired) electrons. The average Bonchev–Trinajstić information content (AvgIpc) is 2.37. The smallest absolute Gasteiger partial charge is 0.147 e. The van der Waals surface area contributed by atoms with E-state index in [0.717, 1.165) is 10.9 Å². The van der Waals surface area contributed by atoms with Crippen molar-refractivity contribution in [2.24, 2.45) is 0 Å². The Morgan fingerprint density at radius 1 is 1.11 bits per heavy atom. The molecular formula is C14H15Cl2NO2. The standard InChI is InChI=1S/C14H15Cl2NO2/c1-7(2)8-5-9-12(17-14(8)16)11(18-3)6-10(15)13(9)19-4/h5-7H,1-4H3. The van der Waals surface area contributed by atoms with E-state index in [4.69, 9.17) is 32.7 Å². The van der Waals surface area contributed by atoms with Crippen LogP contribution in [0.2, 0.25) is 10.2 Å². The Morgan fingerprint density at radius 3 is 2.32 bits per heavy atom. The summed E-state index contributed by atoms with van der Waals surface area (Å²) >= 11 is 12.4. The molecule has 0 N–H and O–H groups in total. The Bertz CT molecular complexity index is 627. The number of hydrogen-bond acceptors (Lipinski definition) is 3. The van der Waals surface area contributed by atoms with E-state index in [1.807, 2.05) is 6.07 Å². The van der Waals surface area contributed by atoms with E-state index in [-0.39, 0.29) is 5.92 Å². The molecule has 0 aliphatic heterocycles. The lowest BCUT2D eigenvalue weighted by Crippen LogP contribution is -1.97. The predicted molar refractivity (Wildman–Crippen MR) is 79.0 cm³/mol. The van der Waals surface area contributed by atoms with E-state index in [1.54, 1.807) is 20.3 Å². The third-order valence-corrected chi connectivity index (χ3v) is 3.59. The van der Waals surface area contributed by atoms with Gasteiger partial charge in [0.25, 0.3) is 0 Å². The van der Waals surface area contributed by atoms with Crippen molar-refractivity contribution in [3.8, 4) is 11.5 Å². The molecular weight excluding hydrogens is 285 g/mol. The Labute approximate surface area is 122 Å². The number of methoxy groups -OCH3 is 2. The average molecular weight is 300 g/mol. The summed E-state index contributed by atoms with van der Waals surface area (Å²) in [4.78, 5) is 4.42. The first kappa shape index (κ1) is 14.2. The maximum atomic E-state index is 6.22. The summed E-state index contributed by atoms with van der Waals surface area (Å²) in [5.41, 5.74) is 1.61. The zero-order chi connectivity index (χ0) is 14.2. The molecule has 0 spiro atoms. The number of hydrogen-bond donors (Lipinski definition) is 0. The van der Waals surface area contributed by atoms with Crippen LogP contribution in [0.3, 0.4) is 0 Å². The zero-order valence-electron chi connectivity index (χ0n) is 11.3. The summed E-state index contributed by atoms with van der Waals surface area (Å²) in [6, 6.07) is 3.64. The second kappa shape index (κ2) is 5.43. The molecule has 2 aromatic rings. The molecule has 0 fully saturated rings. The van der Waals surface area contributed by atoms with Gasteiger partial charge in [-0.15, -0.1) is 0 Å². The number of aromatic nitrogens is 1. The molecule has 0 aliphatic carbocycles. The summed E-state index contributed by atoms with van der Waals surface area (Å²) in [6.07, 6.45) is 0. The number of fused-ring (bicyclic) bond motifs is 1. The van der Waals surface area contributed by atoms with Gasteiger partial charge in [-0.3, -0.25) is 0 Å². The minimum absolute atomic E-state index is 0.263. The van der Waals surface area contributed by atoms with Crippen LogP contribution in [0.5, 0.6) is 11.5 Å². The largest absolute Gasteiger partial charge is 0.494 e. The molecule has 19 heavy (non-hydrogen) atoms. The SMILES string of the molecule is COc1c(Cl)cc(OC)c2nc(Cl)c(C(C)C)cc12. The van der Waals surface area contributed by atoms with E-state index < -0.39 is 0 Å². The van der Waals surface area contributed by atoms with Crippen LogP contribution < -0.4 is 9.47 Å². The fourth-order valence-electron chi connectivity index (χ4n) is 2.01. The number of benzene rings is 1. The summed E-state index contributed by atoms with van der Waals surface area (Å²) in [6.45, 7) is 4.12. The van der Waals surface area contributed by atoms with Crippen LogP contribution in [0.1, 0.15) is 25.3 Å². The molecule has 0 saturated carbocycles. The van der Waals surface area contributed by atoms with Gasteiger partial charge < -0.3 is 9.47 Å². The number of pyridine rings is 1. The highest BCUT2D eigenvalue weighted by atomic mass is 35.5. The molecule has 102 valence electrons. The van der Waals surface area contributed by atoms with Crippen molar-refractivity contribution < 1.29 is 9.47 Å². The van der Waals surface area contributed by atoms with Gasteiger partial charge in [0, 0.05) is 11.5 Å². The van der Waals surface area contributed by atoms with Crippen molar-refractivity contribution in [3.63, 3.8) is 0 Å². The van der Waals surface area contributed by atoms with Gasteiger partial charge >= 0.3 is 0 Å². The molecule has 1 aromatic carbocycles. The van der Waals surface area contributed by atoms with Crippen molar-refractivity contribution in [1.29, 1.82) is 0 Å². The second-order valence-corrected chi connectivity index (χ2v) is 5.28. The molecule has 0 aliphatic rings. The number of nitrogens with zero attached hydrogens (tertiary/aromatic N) is 1. The minimum atomic E-state index is 0.263. The molecule has 0 atom stereocenters. The van der Waals surface area contributed by atoms with Crippen molar-refractivity contribution in [1.82, 2.24) is 4.98 Å². The van der Waals surface area contributed by atoms with Crippen LogP contribution in [0.25, 0.3) is 10.9 Å². The number of ether oxygens (including phenoxy) is 2. The van der Waals surface area contributed by atoms with Gasteiger partial charge in [0.2, 0.25) is 0 Å². The molecule has 0 bridgehead atoms. The number of halogens is 2. The van der Waals surface area contributed by atoms with Crippen LogP contribution in [0.15, 0.2) is 12.1 Å². The third kappa shape index (κ3) is 2.45. The van der Waals surface area contributed by atoms with Crippen molar-refractivity contribution in [3.05, 3.63) is 27.9 Å². The molecule has 5 heteroatoms. The molecule has 0 amide bonds. The van der Waals surface area contributed by atoms with Crippen LogP contribution >= 0.6 is 23.2 Å². The maximum absolute atomic E-state index is 6.22. The van der Waals surface area contributed by atoms with Gasteiger partial charge in [-0.25, -0.2) is 4.98 Å². The second-order valence-electron chi connectivity index (χ2n) is 4.51. The first-order chi connectivity index (χ1) is 8.99. The van der Waals surface area contributed by atoms with Crippen LogP contribution in [0, 0.1) is 0 Å². The highest BCUT2D eigenvalue weighted by molar-refractivity contribution is 6.34. The summed E-state index contributed by atoms with van der Waals surface area (Å²) in [5.74, 6) is 1.43. The lowest BCUT2D eigenvalue weighted by molar-refractivity contribution is 0.410. The van der Waals surface area contributed by atoms with Crippen molar-refractivity contribution in [2.45, 2.75) is 19.8 Å². The van der Waals surface area contributed by atoms with E-state index in [1.165, 1.54) is 0 Å². The summed E-state index contributed by atoms with van der Waals surface area (Å²) in [5, 5.41) is 1.77. The van der Waals surface area contributed by atoms with E-state index >= 15 is 0 Å². The quantitative estimate of drug-likeness (QED) is 0.771. The highest BCUT2D eigenvalue weighted by Gasteiger charge is 2.17. The lowest BCUT2D eigenvalue weighted by Gasteiger charge is -2.14. The van der Waals surface area contributed by atoms with Gasteiger partial charge in [0.05, 0.1) is 19.2 Å². The molecule has 3 nitrogen and oxygen atoms in total. The zero-order valence-corrected chi connectivity index (χ0v) is 12.8. The van der Waals surface area contributed by atoms with Crippen molar-refractivity contribution in [2.75, 3.05) is 14.2 Å². The third-order valence-electron chi connectivity index (χ3n) is 3.00. The van der Waals surface area contributed by atoms with Crippen molar-refractivity contribution >= 4 is 34.1 Å². The normalized spacial score (nSPS) is 11.1. The molecule has 0 saturated heterocycles. The molecule has 1 heterocycles. The van der Waals surface area contributed by atoms with Gasteiger partial charge in [-0.2, -0.15) is 0 Å². The Hall–Kier alpha value is -1.19. The molecule has 1 aromatic heterocycles. The first-order valence-electron chi connectivity index (χ1n) is 5.90. The number of rotatable bonds is 3. The molecule has 0 unspecified atom stereocenters. The lowest BCUT2D eigenvalue weighted by atomic mass is 10.0. The Morgan fingerprint density at radius 2 is 1.79 bits per heavy atom. The topological polar surface area (TPSA) is 31.4 Å². The summed E-state index contributed by atoms with van der Waals surface area (Å²) in [7, 11) is 3.15.